The van der Waals surface area contributed by atoms with Crippen molar-refractivity contribution in [3.05, 3.63) is 30.1 Å². The van der Waals surface area contributed by atoms with E-state index in [1.807, 2.05) is 36.9 Å². The number of hydrogen-bond acceptors (Lipinski definition) is 4. The van der Waals surface area contributed by atoms with E-state index >= 15 is 0 Å². The lowest BCUT2D eigenvalue weighted by atomic mass is 10.2. The van der Waals surface area contributed by atoms with Crippen LogP contribution in [0.5, 0.6) is 0 Å². The zero-order valence-electron chi connectivity index (χ0n) is 11.8. The van der Waals surface area contributed by atoms with Gasteiger partial charge in [0, 0.05) is 38.0 Å². The molecule has 0 aromatic carbocycles. The lowest BCUT2D eigenvalue weighted by Gasteiger charge is -2.18. The zero-order chi connectivity index (χ0) is 13.8. The van der Waals surface area contributed by atoms with Gasteiger partial charge in [0.25, 0.3) is 0 Å². The highest BCUT2D eigenvalue weighted by molar-refractivity contribution is 7.98. The molecule has 0 saturated heterocycles. The Morgan fingerprint density at radius 1 is 1.47 bits per heavy atom. The van der Waals surface area contributed by atoms with E-state index in [2.05, 4.69) is 28.8 Å². The van der Waals surface area contributed by atoms with Gasteiger partial charge in [-0.15, -0.1) is 0 Å². The first-order valence-electron chi connectivity index (χ1n) is 6.55. The van der Waals surface area contributed by atoms with E-state index < -0.39 is 0 Å². The molecule has 2 N–H and O–H groups in total. The highest BCUT2D eigenvalue weighted by Gasteiger charge is 2.16. The predicted molar refractivity (Wildman–Crippen MR) is 84.2 cm³/mol. The van der Waals surface area contributed by atoms with Crippen LogP contribution >= 0.6 is 11.8 Å². The van der Waals surface area contributed by atoms with E-state index in [4.69, 9.17) is 10.7 Å². The van der Waals surface area contributed by atoms with Crippen molar-refractivity contribution in [2.45, 2.75) is 19.4 Å². The molecule has 0 aliphatic rings. The van der Waals surface area contributed by atoms with E-state index in [-0.39, 0.29) is 6.04 Å². The van der Waals surface area contributed by atoms with Crippen LogP contribution in [0.1, 0.15) is 12.6 Å². The van der Waals surface area contributed by atoms with Crippen molar-refractivity contribution in [1.82, 2.24) is 9.38 Å². The van der Waals surface area contributed by atoms with Gasteiger partial charge in [0.2, 0.25) is 0 Å². The molecule has 2 rings (SSSR count). The molecule has 0 aliphatic heterocycles. The summed E-state index contributed by atoms with van der Waals surface area (Å²) in [5.41, 5.74) is 8.17. The second-order valence-electron chi connectivity index (χ2n) is 4.91. The van der Waals surface area contributed by atoms with Gasteiger partial charge in [0.15, 0.2) is 5.82 Å². The molecule has 0 radical (unpaired) electrons. The first-order valence-corrected chi connectivity index (χ1v) is 7.94. The van der Waals surface area contributed by atoms with Gasteiger partial charge in [0.05, 0.1) is 5.69 Å². The van der Waals surface area contributed by atoms with Gasteiger partial charge in [-0.2, -0.15) is 11.8 Å². The summed E-state index contributed by atoms with van der Waals surface area (Å²) in [7, 11) is 2.10. The Morgan fingerprint density at radius 2 is 2.26 bits per heavy atom. The minimum Gasteiger partial charge on any atom is -0.357 e. The van der Waals surface area contributed by atoms with E-state index in [1.165, 1.54) is 5.69 Å². The first-order chi connectivity index (χ1) is 9.13. The fourth-order valence-electron chi connectivity index (χ4n) is 2.17. The standard InChI is InChI=1S/C14H22N4S/c1-11(15)10-12-14(17(2)8-9-19-3)16-13-6-4-5-7-18(12)13/h4-7,11H,8-10,15H2,1-3H3. The van der Waals surface area contributed by atoms with Crippen molar-refractivity contribution < 1.29 is 0 Å². The van der Waals surface area contributed by atoms with Crippen molar-refractivity contribution in [2.24, 2.45) is 5.73 Å². The molecule has 1 unspecified atom stereocenters. The average Bonchev–Trinajstić information content (AvgIpc) is 2.74. The van der Waals surface area contributed by atoms with Crippen LogP contribution < -0.4 is 10.6 Å². The normalized spacial score (nSPS) is 12.8. The number of nitrogens with two attached hydrogens (primary N) is 1. The minimum atomic E-state index is 0.132. The molecule has 2 aromatic rings. The van der Waals surface area contributed by atoms with Crippen LogP contribution in [0.4, 0.5) is 5.82 Å². The van der Waals surface area contributed by atoms with Crippen LogP contribution in [0.3, 0.4) is 0 Å². The molecule has 0 fully saturated rings. The maximum absolute atomic E-state index is 5.98. The molecule has 19 heavy (non-hydrogen) atoms. The fraction of sp³-hybridized carbons (Fsp3) is 0.500. The number of thioether (sulfide) groups is 1. The fourth-order valence-corrected chi connectivity index (χ4v) is 2.63. The smallest absolute Gasteiger partial charge is 0.150 e. The number of anilines is 1. The lowest BCUT2D eigenvalue weighted by Crippen LogP contribution is -2.25. The number of imidazole rings is 1. The van der Waals surface area contributed by atoms with E-state index in [0.717, 1.165) is 30.2 Å². The molecule has 5 heteroatoms. The van der Waals surface area contributed by atoms with Crippen LogP contribution in [0.2, 0.25) is 0 Å². The number of pyridine rings is 1. The predicted octanol–water partition coefficient (Wildman–Crippen LogP) is 2.02. The summed E-state index contributed by atoms with van der Waals surface area (Å²) in [6, 6.07) is 6.22. The molecule has 0 spiro atoms. The summed E-state index contributed by atoms with van der Waals surface area (Å²) < 4.78 is 2.15. The Balaban J connectivity index is 2.40. The van der Waals surface area contributed by atoms with Gasteiger partial charge in [0.1, 0.15) is 5.65 Å². The molecule has 2 heterocycles. The van der Waals surface area contributed by atoms with Crippen LogP contribution in [0, 0.1) is 0 Å². The lowest BCUT2D eigenvalue weighted by molar-refractivity contribution is 0.714. The maximum Gasteiger partial charge on any atom is 0.150 e. The molecule has 0 bridgehead atoms. The van der Waals surface area contributed by atoms with Gasteiger partial charge in [-0.1, -0.05) is 6.07 Å². The summed E-state index contributed by atoms with van der Waals surface area (Å²) in [6.07, 6.45) is 5.02. The monoisotopic (exact) mass is 278 g/mol. The molecular weight excluding hydrogens is 256 g/mol. The number of aromatic nitrogens is 2. The molecule has 4 nitrogen and oxygen atoms in total. The van der Waals surface area contributed by atoms with E-state index in [0.29, 0.717) is 0 Å². The van der Waals surface area contributed by atoms with Crippen molar-refractivity contribution in [3.63, 3.8) is 0 Å². The first kappa shape index (κ1) is 14.2. The Hall–Kier alpha value is -1.20. The van der Waals surface area contributed by atoms with Gasteiger partial charge >= 0.3 is 0 Å². The molecule has 0 aliphatic carbocycles. The second-order valence-corrected chi connectivity index (χ2v) is 5.89. The summed E-state index contributed by atoms with van der Waals surface area (Å²) in [6.45, 7) is 3.03. The molecule has 1 atom stereocenters. The third-order valence-electron chi connectivity index (χ3n) is 3.12. The third-order valence-corrected chi connectivity index (χ3v) is 3.71. The van der Waals surface area contributed by atoms with Crippen LogP contribution in [-0.2, 0) is 6.42 Å². The Kier molecular flexibility index (Phi) is 4.71. The average molecular weight is 278 g/mol. The number of rotatable bonds is 6. The van der Waals surface area contributed by atoms with E-state index in [1.54, 1.807) is 0 Å². The van der Waals surface area contributed by atoms with Gasteiger partial charge < -0.3 is 15.0 Å². The highest BCUT2D eigenvalue weighted by Crippen LogP contribution is 2.22. The summed E-state index contributed by atoms with van der Waals surface area (Å²) in [5.74, 6) is 2.15. The summed E-state index contributed by atoms with van der Waals surface area (Å²) in [4.78, 5) is 6.97. The molecule has 2 aromatic heterocycles. The Morgan fingerprint density at radius 3 is 2.95 bits per heavy atom. The number of hydrogen-bond donors (Lipinski definition) is 1. The van der Waals surface area contributed by atoms with Gasteiger partial charge in [-0.25, -0.2) is 4.98 Å². The number of nitrogens with zero attached hydrogens (tertiary/aromatic N) is 3. The van der Waals surface area contributed by atoms with Gasteiger partial charge in [-0.05, 0) is 25.3 Å². The van der Waals surface area contributed by atoms with Gasteiger partial charge in [-0.3, -0.25) is 0 Å². The van der Waals surface area contributed by atoms with Crippen molar-refractivity contribution in [1.29, 1.82) is 0 Å². The van der Waals surface area contributed by atoms with Crippen LogP contribution in [0.15, 0.2) is 24.4 Å². The molecule has 104 valence electrons. The van der Waals surface area contributed by atoms with Crippen molar-refractivity contribution in [2.75, 3.05) is 30.5 Å². The Labute approximate surface area is 119 Å². The van der Waals surface area contributed by atoms with Crippen molar-refractivity contribution >= 4 is 23.2 Å². The maximum atomic E-state index is 5.98. The second kappa shape index (κ2) is 6.30. The molecule has 0 amide bonds. The molecule has 0 saturated carbocycles. The number of fused-ring (bicyclic) bond motifs is 1. The quantitative estimate of drug-likeness (QED) is 0.878. The van der Waals surface area contributed by atoms with E-state index in [9.17, 15) is 0 Å². The minimum absolute atomic E-state index is 0.132. The largest absolute Gasteiger partial charge is 0.357 e. The van der Waals surface area contributed by atoms with Crippen molar-refractivity contribution in [3.8, 4) is 0 Å². The molecular formula is C14H22N4S. The van der Waals surface area contributed by atoms with Crippen LogP contribution in [-0.4, -0.2) is 41.0 Å². The SMILES string of the molecule is CSCCN(C)c1nc2ccccn2c1CC(C)N. The zero-order valence-corrected chi connectivity index (χ0v) is 12.7. The Bertz CT molecular complexity index is 535. The summed E-state index contributed by atoms with van der Waals surface area (Å²) >= 11 is 1.85. The third kappa shape index (κ3) is 3.22. The topological polar surface area (TPSA) is 46.6 Å². The van der Waals surface area contributed by atoms with Crippen LogP contribution in [0.25, 0.3) is 5.65 Å². The summed E-state index contributed by atoms with van der Waals surface area (Å²) in [5, 5.41) is 0. The highest BCUT2D eigenvalue weighted by atomic mass is 32.2.